The first-order valence-electron chi connectivity index (χ1n) is 18.3. The van der Waals surface area contributed by atoms with E-state index in [0.29, 0.717) is 11.1 Å². The van der Waals surface area contributed by atoms with E-state index >= 15 is 0 Å². The average molecular weight is 700 g/mol. The molecule has 0 aliphatic rings. The molecule has 0 radical (unpaired) electrons. The molecule has 0 amide bonds. The third-order valence-electron chi connectivity index (χ3n) is 11.1. The Bertz CT molecular complexity index is 3400. The van der Waals surface area contributed by atoms with Gasteiger partial charge < -0.3 is 13.7 Å². The number of benzene rings is 8. The van der Waals surface area contributed by atoms with Crippen LogP contribution in [0.2, 0.25) is 0 Å². The topological polar surface area (TPSA) is 62.4 Å². The van der Waals surface area contributed by atoms with Crippen molar-refractivity contribution >= 4 is 65.4 Å². The second-order valence-corrected chi connectivity index (χ2v) is 14.0. The fourth-order valence-corrected chi connectivity index (χ4v) is 8.73. The van der Waals surface area contributed by atoms with Crippen LogP contribution >= 0.6 is 0 Å². The zero-order chi connectivity index (χ0) is 36.6. The monoisotopic (exact) mass is 699 g/mol. The van der Waals surface area contributed by atoms with Gasteiger partial charge in [-0.15, -0.1) is 0 Å². The van der Waals surface area contributed by atoms with Crippen molar-refractivity contribution in [2.24, 2.45) is 0 Å². The quantitative estimate of drug-likeness (QED) is 0.184. The number of nitriles is 2. The van der Waals surface area contributed by atoms with Crippen molar-refractivity contribution in [2.45, 2.75) is 0 Å². The molecule has 0 aliphatic heterocycles. The lowest BCUT2D eigenvalue weighted by molar-refractivity contribution is 1.16. The van der Waals surface area contributed by atoms with Gasteiger partial charge in [0.25, 0.3) is 0 Å². The Hall–Kier alpha value is -7.86. The van der Waals surface area contributed by atoms with Crippen LogP contribution in [0.1, 0.15) is 11.1 Å². The maximum Gasteiger partial charge on any atom is 0.101 e. The van der Waals surface area contributed by atoms with Gasteiger partial charge in [-0.05, 0) is 90.0 Å². The van der Waals surface area contributed by atoms with Crippen LogP contribution in [0.25, 0.3) is 93.6 Å². The minimum Gasteiger partial charge on any atom is -0.309 e. The van der Waals surface area contributed by atoms with Crippen molar-refractivity contribution in [3.63, 3.8) is 0 Å². The van der Waals surface area contributed by atoms with Crippen LogP contribution in [0.3, 0.4) is 0 Å². The van der Waals surface area contributed by atoms with Gasteiger partial charge in [-0.2, -0.15) is 10.5 Å². The number of nitrogens with zero attached hydrogens (tertiary/aromatic N) is 5. The Morgan fingerprint density at radius 3 is 1.45 bits per heavy atom. The van der Waals surface area contributed by atoms with Gasteiger partial charge in [0.05, 0.1) is 50.3 Å². The lowest BCUT2D eigenvalue weighted by atomic mass is 10.0. The van der Waals surface area contributed by atoms with E-state index < -0.39 is 0 Å². The normalized spacial score (nSPS) is 11.6. The zero-order valence-corrected chi connectivity index (χ0v) is 29.5. The largest absolute Gasteiger partial charge is 0.309 e. The average Bonchev–Trinajstić information content (AvgIpc) is 3.89. The lowest BCUT2D eigenvalue weighted by Crippen LogP contribution is -1.98. The Balaban J connectivity index is 1.07. The van der Waals surface area contributed by atoms with Crippen molar-refractivity contribution in [1.29, 1.82) is 10.5 Å². The summed E-state index contributed by atoms with van der Waals surface area (Å²) in [6.45, 7) is 0. The fraction of sp³-hybridized carbons (Fsp3) is 0. The molecule has 0 fully saturated rings. The summed E-state index contributed by atoms with van der Waals surface area (Å²) >= 11 is 0. The molecule has 0 N–H and O–H groups in total. The summed E-state index contributed by atoms with van der Waals surface area (Å²) in [6.07, 6.45) is 0. The number of para-hydroxylation sites is 5. The zero-order valence-electron chi connectivity index (χ0n) is 29.5. The van der Waals surface area contributed by atoms with Crippen molar-refractivity contribution in [2.75, 3.05) is 0 Å². The van der Waals surface area contributed by atoms with E-state index in [9.17, 15) is 10.5 Å². The predicted octanol–water partition coefficient (Wildman–Crippen LogP) is 12.4. The summed E-state index contributed by atoms with van der Waals surface area (Å²) in [5, 5.41) is 27.3. The number of hydrogen-bond acceptors (Lipinski definition) is 2. The van der Waals surface area contributed by atoms with Gasteiger partial charge >= 0.3 is 0 Å². The van der Waals surface area contributed by atoms with E-state index in [4.69, 9.17) is 0 Å². The van der Waals surface area contributed by atoms with Crippen molar-refractivity contribution < 1.29 is 0 Å². The third-order valence-corrected chi connectivity index (χ3v) is 11.1. The van der Waals surface area contributed by atoms with Crippen molar-refractivity contribution in [1.82, 2.24) is 13.7 Å². The summed E-state index contributed by atoms with van der Waals surface area (Å²) in [4.78, 5) is 0. The Morgan fingerprint density at radius 1 is 0.327 bits per heavy atom. The van der Waals surface area contributed by atoms with Gasteiger partial charge in [-0.25, -0.2) is 0 Å². The number of aromatic nitrogens is 3. The summed E-state index contributed by atoms with van der Waals surface area (Å²) in [5.41, 5.74) is 12.6. The van der Waals surface area contributed by atoms with Crippen LogP contribution in [-0.4, -0.2) is 13.7 Å². The second kappa shape index (κ2) is 11.8. The van der Waals surface area contributed by atoms with Gasteiger partial charge in [0.1, 0.15) is 6.07 Å². The van der Waals surface area contributed by atoms with E-state index in [0.717, 1.165) is 71.8 Å². The minimum atomic E-state index is 0.588. The molecule has 0 spiro atoms. The molecule has 0 saturated carbocycles. The highest BCUT2D eigenvalue weighted by Gasteiger charge is 2.18. The van der Waals surface area contributed by atoms with Gasteiger partial charge in [0.15, 0.2) is 0 Å². The fourth-order valence-electron chi connectivity index (χ4n) is 8.73. The molecule has 0 aliphatic carbocycles. The molecule has 3 aromatic heterocycles. The van der Waals surface area contributed by atoms with Crippen LogP contribution in [0.5, 0.6) is 0 Å². The number of fused-ring (bicyclic) bond motifs is 9. The Kier molecular flexibility index (Phi) is 6.61. The molecule has 8 aromatic carbocycles. The third kappa shape index (κ3) is 4.51. The maximum atomic E-state index is 10.3. The van der Waals surface area contributed by atoms with E-state index in [1.165, 1.54) is 21.8 Å². The highest BCUT2D eigenvalue weighted by atomic mass is 15.0. The molecule has 254 valence electrons. The predicted molar refractivity (Wildman–Crippen MR) is 224 cm³/mol. The molecule has 0 atom stereocenters. The molecule has 0 bridgehead atoms. The lowest BCUT2D eigenvalue weighted by Gasteiger charge is -2.13. The molecule has 11 rings (SSSR count). The molecule has 5 heteroatoms. The Morgan fingerprint density at radius 2 is 0.836 bits per heavy atom. The highest BCUT2D eigenvalue weighted by Crippen LogP contribution is 2.39. The first kappa shape index (κ1) is 30.7. The summed E-state index contributed by atoms with van der Waals surface area (Å²) in [5.74, 6) is 0. The van der Waals surface area contributed by atoms with Gasteiger partial charge in [0.2, 0.25) is 0 Å². The van der Waals surface area contributed by atoms with E-state index in [1.807, 2.05) is 36.4 Å². The molecule has 0 saturated heterocycles. The first-order chi connectivity index (χ1) is 27.2. The standard InChI is InChI=1S/C50H29N5/c51-30-32-26-35(33-20-22-36(23-21-33)55-48-19-8-3-13-41(48)43-15-9-10-34(31-52)50(43)55)28-38(27-32)54-47-18-7-4-14-42(47)44-29-37(24-25-49(44)54)53-45-16-5-1-11-39(45)40-12-2-6-17-46(40)53/h1-29H. The van der Waals surface area contributed by atoms with Crippen molar-refractivity contribution in [3.05, 3.63) is 187 Å². The van der Waals surface area contributed by atoms with Crippen LogP contribution < -0.4 is 0 Å². The van der Waals surface area contributed by atoms with E-state index in [-0.39, 0.29) is 0 Å². The smallest absolute Gasteiger partial charge is 0.101 e. The van der Waals surface area contributed by atoms with Crippen LogP contribution in [0.15, 0.2) is 176 Å². The van der Waals surface area contributed by atoms with Crippen LogP contribution in [0, 0.1) is 22.7 Å². The summed E-state index contributed by atoms with van der Waals surface area (Å²) < 4.78 is 6.81. The molecule has 55 heavy (non-hydrogen) atoms. The summed E-state index contributed by atoms with van der Waals surface area (Å²) in [6, 6.07) is 66.0. The highest BCUT2D eigenvalue weighted by molar-refractivity contribution is 6.13. The molecule has 3 heterocycles. The maximum absolute atomic E-state index is 10.3. The molecule has 0 unspecified atom stereocenters. The van der Waals surface area contributed by atoms with Gasteiger partial charge in [-0.1, -0.05) is 97.1 Å². The minimum absolute atomic E-state index is 0.588. The Labute approximate surface area is 316 Å². The van der Waals surface area contributed by atoms with E-state index in [2.05, 4.69) is 165 Å². The number of rotatable bonds is 4. The van der Waals surface area contributed by atoms with Crippen LogP contribution in [-0.2, 0) is 0 Å². The second-order valence-electron chi connectivity index (χ2n) is 14.0. The number of hydrogen-bond donors (Lipinski definition) is 0. The molecular weight excluding hydrogens is 671 g/mol. The van der Waals surface area contributed by atoms with Crippen LogP contribution in [0.4, 0.5) is 0 Å². The molecular formula is C50H29N5. The van der Waals surface area contributed by atoms with E-state index in [1.54, 1.807) is 0 Å². The summed E-state index contributed by atoms with van der Waals surface area (Å²) in [7, 11) is 0. The van der Waals surface area contributed by atoms with Crippen molar-refractivity contribution in [3.8, 4) is 40.3 Å². The SMILES string of the molecule is N#Cc1cc(-c2ccc(-n3c4ccccc4c4cccc(C#N)c43)cc2)cc(-n2c3ccccc3c3cc(-n4c5ccccc5c5ccccc54)ccc32)c1. The first-order valence-corrected chi connectivity index (χ1v) is 18.3. The molecule has 11 aromatic rings. The van der Waals surface area contributed by atoms with Gasteiger partial charge in [0, 0.05) is 49.4 Å². The van der Waals surface area contributed by atoms with Gasteiger partial charge in [-0.3, -0.25) is 0 Å². The molecule has 5 nitrogen and oxygen atoms in total.